The molecule has 140 valence electrons. The Bertz CT molecular complexity index is 1040. The number of rotatable bonds is 6. The first-order valence-corrected chi connectivity index (χ1v) is 10.8. The number of carbonyl (C=O) groups is 1. The summed E-state index contributed by atoms with van der Waals surface area (Å²) in [6, 6.07) is 15.9. The second-order valence-corrected chi connectivity index (χ2v) is 9.09. The molecule has 8 heteroatoms. The van der Waals surface area contributed by atoms with E-state index in [4.69, 9.17) is 11.6 Å². The molecule has 1 aromatic heterocycles. The quantitative estimate of drug-likeness (QED) is 0.621. The van der Waals surface area contributed by atoms with Crippen molar-refractivity contribution in [1.29, 1.82) is 0 Å². The van der Waals surface area contributed by atoms with E-state index in [2.05, 4.69) is 10.0 Å². The van der Waals surface area contributed by atoms with E-state index in [0.717, 1.165) is 11.3 Å². The van der Waals surface area contributed by atoms with Crippen LogP contribution in [0.1, 0.15) is 17.2 Å². The molecule has 0 fully saturated rings. The summed E-state index contributed by atoms with van der Waals surface area (Å²) >= 11 is 7.19. The van der Waals surface area contributed by atoms with Crippen molar-refractivity contribution in [2.24, 2.45) is 0 Å². The number of thiophene rings is 1. The summed E-state index contributed by atoms with van der Waals surface area (Å²) in [6.07, 6.45) is 0. The molecule has 0 aliphatic heterocycles. The molecule has 0 aliphatic carbocycles. The average Bonchev–Trinajstić information content (AvgIpc) is 3.20. The lowest BCUT2D eigenvalue weighted by molar-refractivity contribution is -0.117. The lowest BCUT2D eigenvalue weighted by Crippen LogP contribution is -2.36. The van der Waals surface area contributed by atoms with Crippen molar-refractivity contribution in [3.63, 3.8) is 0 Å². The highest BCUT2D eigenvalue weighted by Gasteiger charge is 2.28. The van der Waals surface area contributed by atoms with E-state index in [1.54, 1.807) is 66.9 Å². The number of benzene rings is 2. The number of hydrogen-bond donors (Lipinski definition) is 2. The average molecular weight is 421 g/mol. The van der Waals surface area contributed by atoms with Gasteiger partial charge < -0.3 is 5.32 Å². The van der Waals surface area contributed by atoms with Crippen molar-refractivity contribution in [3.8, 4) is 0 Å². The minimum Gasteiger partial charge on any atom is -0.324 e. The molecule has 0 unspecified atom stereocenters. The third kappa shape index (κ3) is 4.56. The molecule has 1 amide bonds. The van der Waals surface area contributed by atoms with Crippen molar-refractivity contribution >= 4 is 44.6 Å². The lowest BCUT2D eigenvalue weighted by Gasteiger charge is -2.19. The summed E-state index contributed by atoms with van der Waals surface area (Å²) in [5, 5.41) is 4.96. The fourth-order valence-corrected chi connectivity index (χ4v) is 4.86. The topological polar surface area (TPSA) is 75.3 Å². The van der Waals surface area contributed by atoms with Crippen LogP contribution in [0.4, 0.5) is 5.69 Å². The van der Waals surface area contributed by atoms with Crippen LogP contribution in [0.15, 0.2) is 70.3 Å². The Kier molecular flexibility index (Phi) is 5.96. The maximum absolute atomic E-state index is 12.9. The van der Waals surface area contributed by atoms with Gasteiger partial charge in [0.15, 0.2) is 0 Å². The van der Waals surface area contributed by atoms with Gasteiger partial charge in [-0.1, -0.05) is 54.1 Å². The molecule has 2 N–H and O–H groups in total. The zero-order valence-electron chi connectivity index (χ0n) is 14.3. The molecule has 1 atom stereocenters. The first-order valence-electron chi connectivity index (χ1n) is 8.05. The third-order valence-electron chi connectivity index (χ3n) is 3.95. The number of anilines is 1. The molecule has 5 nitrogen and oxygen atoms in total. The monoisotopic (exact) mass is 420 g/mol. The predicted molar refractivity (Wildman–Crippen MR) is 109 cm³/mol. The molecule has 0 spiro atoms. The van der Waals surface area contributed by atoms with Crippen LogP contribution in [0.2, 0.25) is 5.02 Å². The van der Waals surface area contributed by atoms with Gasteiger partial charge in [-0.3, -0.25) is 4.79 Å². The van der Waals surface area contributed by atoms with E-state index in [-0.39, 0.29) is 4.21 Å². The first-order chi connectivity index (χ1) is 12.9. The number of nitrogens with one attached hydrogen (secondary N) is 2. The lowest BCUT2D eigenvalue weighted by atomic mass is 10.1. The summed E-state index contributed by atoms with van der Waals surface area (Å²) in [5.74, 6) is -0.494. The van der Waals surface area contributed by atoms with Gasteiger partial charge in [0, 0.05) is 10.7 Å². The van der Waals surface area contributed by atoms with E-state index < -0.39 is 22.0 Å². The Morgan fingerprint density at radius 2 is 1.78 bits per heavy atom. The molecule has 27 heavy (non-hydrogen) atoms. The molecular formula is C19H17ClN2O3S2. The number of carbonyl (C=O) groups excluding carboxylic acids is 1. The Morgan fingerprint density at radius 3 is 2.44 bits per heavy atom. The zero-order chi connectivity index (χ0) is 19.4. The van der Waals surface area contributed by atoms with Crippen molar-refractivity contribution in [2.75, 3.05) is 5.32 Å². The van der Waals surface area contributed by atoms with Crippen molar-refractivity contribution in [1.82, 2.24) is 4.72 Å². The molecule has 0 saturated heterocycles. The van der Waals surface area contributed by atoms with Gasteiger partial charge in [0.1, 0.15) is 10.3 Å². The van der Waals surface area contributed by atoms with Crippen LogP contribution in [0.5, 0.6) is 0 Å². The van der Waals surface area contributed by atoms with Crippen LogP contribution < -0.4 is 10.0 Å². The summed E-state index contributed by atoms with van der Waals surface area (Å²) in [6.45, 7) is 1.78. The predicted octanol–water partition coefficient (Wildman–Crippen LogP) is 4.37. The van der Waals surface area contributed by atoms with Crippen molar-refractivity contribution in [3.05, 3.63) is 82.2 Å². The molecule has 3 aromatic rings. The van der Waals surface area contributed by atoms with Gasteiger partial charge in [-0.2, -0.15) is 4.72 Å². The maximum Gasteiger partial charge on any atom is 0.251 e. The normalized spacial score (nSPS) is 12.5. The van der Waals surface area contributed by atoms with E-state index in [1.807, 2.05) is 0 Å². The van der Waals surface area contributed by atoms with E-state index >= 15 is 0 Å². The van der Waals surface area contributed by atoms with Crippen LogP contribution in [0.3, 0.4) is 0 Å². The third-order valence-corrected chi connectivity index (χ3v) is 7.18. The maximum atomic E-state index is 12.9. The summed E-state index contributed by atoms with van der Waals surface area (Å²) in [7, 11) is -3.84. The zero-order valence-corrected chi connectivity index (χ0v) is 16.7. The van der Waals surface area contributed by atoms with Gasteiger partial charge in [0.2, 0.25) is 5.91 Å². The van der Waals surface area contributed by atoms with Gasteiger partial charge in [-0.25, -0.2) is 8.42 Å². The molecule has 3 rings (SSSR count). The molecule has 0 aliphatic rings. The molecular weight excluding hydrogens is 404 g/mol. The van der Waals surface area contributed by atoms with Crippen LogP contribution in [0.25, 0.3) is 0 Å². The second-order valence-electron chi connectivity index (χ2n) is 5.80. The second kappa shape index (κ2) is 8.22. The van der Waals surface area contributed by atoms with Crippen molar-refractivity contribution < 1.29 is 13.2 Å². The van der Waals surface area contributed by atoms with Crippen LogP contribution in [-0.4, -0.2) is 14.3 Å². The highest BCUT2D eigenvalue weighted by molar-refractivity contribution is 7.91. The Labute approximate surface area is 167 Å². The standard InChI is InChI=1S/C19H17ClN2O3S2/c1-13-15(20)9-5-10-16(13)21-19(23)18(14-7-3-2-4-8-14)22-27(24,25)17-11-6-12-26-17/h2-12,18,22H,1H3,(H,21,23)/t18-/m0/s1. The van der Waals surface area contributed by atoms with Crippen molar-refractivity contribution in [2.45, 2.75) is 17.2 Å². The molecule has 0 bridgehead atoms. The number of amides is 1. The highest BCUT2D eigenvalue weighted by Crippen LogP contribution is 2.26. The number of halogens is 1. The Balaban J connectivity index is 1.93. The minimum atomic E-state index is -3.84. The minimum absolute atomic E-state index is 0.148. The fourth-order valence-electron chi connectivity index (χ4n) is 2.50. The first kappa shape index (κ1) is 19.6. The van der Waals surface area contributed by atoms with Crippen LogP contribution in [-0.2, 0) is 14.8 Å². The Morgan fingerprint density at radius 1 is 1.04 bits per heavy atom. The molecule has 0 radical (unpaired) electrons. The highest BCUT2D eigenvalue weighted by atomic mass is 35.5. The van der Waals surface area contributed by atoms with E-state index in [1.165, 1.54) is 6.07 Å². The van der Waals surface area contributed by atoms with Crippen LogP contribution >= 0.6 is 22.9 Å². The summed E-state index contributed by atoms with van der Waals surface area (Å²) < 4.78 is 28.0. The van der Waals surface area contributed by atoms with Gasteiger partial charge >= 0.3 is 0 Å². The number of sulfonamides is 1. The molecule has 0 saturated carbocycles. The smallest absolute Gasteiger partial charge is 0.251 e. The van der Waals surface area contributed by atoms with Gasteiger partial charge in [0.05, 0.1) is 0 Å². The van der Waals surface area contributed by atoms with Crippen LogP contribution in [0, 0.1) is 6.92 Å². The van der Waals surface area contributed by atoms with E-state index in [9.17, 15) is 13.2 Å². The fraction of sp³-hybridized carbons (Fsp3) is 0.105. The van der Waals surface area contributed by atoms with Gasteiger partial charge in [-0.05, 0) is 41.6 Å². The molecule has 1 heterocycles. The van der Waals surface area contributed by atoms with E-state index in [0.29, 0.717) is 21.8 Å². The SMILES string of the molecule is Cc1c(Cl)cccc1NC(=O)[C@@H](NS(=O)(=O)c1cccs1)c1ccccc1. The molecule has 2 aromatic carbocycles. The summed E-state index contributed by atoms with van der Waals surface area (Å²) in [4.78, 5) is 12.9. The van der Waals surface area contributed by atoms with Gasteiger partial charge in [-0.15, -0.1) is 11.3 Å². The Hall–Kier alpha value is -2.19. The largest absolute Gasteiger partial charge is 0.324 e. The summed E-state index contributed by atoms with van der Waals surface area (Å²) in [5.41, 5.74) is 1.78. The van der Waals surface area contributed by atoms with Gasteiger partial charge in [0.25, 0.3) is 10.0 Å². The number of hydrogen-bond acceptors (Lipinski definition) is 4.